The molecule has 4 rings (SSSR count). The highest BCUT2D eigenvalue weighted by Gasteiger charge is 2.20. The molecular weight excluding hydrogens is 431 g/mol. The zero-order chi connectivity index (χ0) is 17.8. The predicted molar refractivity (Wildman–Crippen MR) is 117 cm³/mol. The number of rotatable bonds is 7. The van der Waals surface area contributed by atoms with E-state index in [0.29, 0.717) is 0 Å². The molecule has 0 atom stereocenters. The highest BCUT2D eigenvalue weighted by Crippen LogP contribution is 2.33. The zero-order valence-electron chi connectivity index (χ0n) is 14.8. The van der Waals surface area contributed by atoms with Crippen molar-refractivity contribution in [3.63, 3.8) is 0 Å². The molecule has 2 heteroatoms. The van der Waals surface area contributed by atoms with Crippen molar-refractivity contribution >= 4 is 22.6 Å². The Hall–Kier alpha value is -1.81. The quantitative estimate of drug-likeness (QED) is 0.271. The minimum atomic E-state index is 0.834. The fourth-order valence-corrected chi connectivity index (χ4v) is 3.57. The van der Waals surface area contributed by atoms with Crippen LogP contribution in [0.2, 0.25) is 0 Å². The van der Waals surface area contributed by atoms with E-state index in [1.807, 2.05) is 0 Å². The van der Waals surface area contributed by atoms with Gasteiger partial charge >= 0.3 is 0 Å². The number of benzene rings is 3. The first kappa shape index (κ1) is 17.6. The highest BCUT2D eigenvalue weighted by atomic mass is 127. The van der Waals surface area contributed by atoms with Crippen molar-refractivity contribution in [2.24, 2.45) is 5.92 Å². The van der Waals surface area contributed by atoms with Gasteiger partial charge in [0.25, 0.3) is 0 Å². The Labute approximate surface area is 169 Å². The third-order valence-electron chi connectivity index (χ3n) is 4.97. The summed E-state index contributed by atoms with van der Waals surface area (Å²) in [6, 6.07) is 25.9. The van der Waals surface area contributed by atoms with Gasteiger partial charge in [0.15, 0.2) is 0 Å². The maximum Gasteiger partial charge on any atom is 0.119 e. The molecule has 1 saturated carbocycles. The summed E-state index contributed by atoms with van der Waals surface area (Å²) in [5.41, 5.74) is 4.97. The molecule has 3 aromatic carbocycles. The van der Waals surface area contributed by atoms with Crippen molar-refractivity contribution in [1.82, 2.24) is 0 Å². The molecule has 0 radical (unpaired) electrons. The smallest absolute Gasteiger partial charge is 0.119 e. The van der Waals surface area contributed by atoms with E-state index in [4.69, 9.17) is 4.74 Å². The molecule has 1 nitrogen and oxygen atoms in total. The maximum absolute atomic E-state index is 5.86. The molecule has 26 heavy (non-hydrogen) atoms. The van der Waals surface area contributed by atoms with Gasteiger partial charge in [0, 0.05) is 3.57 Å². The van der Waals surface area contributed by atoms with Crippen LogP contribution in [0.25, 0.3) is 22.3 Å². The molecule has 0 aromatic heterocycles. The van der Waals surface area contributed by atoms with Crippen LogP contribution in [0, 0.1) is 9.49 Å². The molecule has 0 bridgehead atoms. The minimum absolute atomic E-state index is 0.834. The lowest BCUT2D eigenvalue weighted by Crippen LogP contribution is -1.97. The average molecular weight is 454 g/mol. The molecule has 0 amide bonds. The van der Waals surface area contributed by atoms with Crippen LogP contribution in [-0.4, -0.2) is 6.61 Å². The van der Waals surface area contributed by atoms with Crippen molar-refractivity contribution in [2.75, 3.05) is 6.61 Å². The Morgan fingerprint density at radius 3 is 1.65 bits per heavy atom. The van der Waals surface area contributed by atoms with Gasteiger partial charge in [0.2, 0.25) is 0 Å². The van der Waals surface area contributed by atoms with E-state index in [0.717, 1.165) is 18.3 Å². The summed E-state index contributed by atoms with van der Waals surface area (Å²) in [5.74, 6) is 1.96. The lowest BCUT2D eigenvalue weighted by atomic mass is 10.0. The number of hydrogen-bond acceptors (Lipinski definition) is 1. The van der Waals surface area contributed by atoms with Crippen LogP contribution in [0.4, 0.5) is 0 Å². The van der Waals surface area contributed by atoms with Crippen molar-refractivity contribution < 1.29 is 4.74 Å². The SMILES string of the molecule is Ic1ccc(-c2ccc(-c3ccc(OCCCC4CC4)cc3)cc2)cc1. The third kappa shape index (κ3) is 4.67. The lowest BCUT2D eigenvalue weighted by Gasteiger charge is -2.08. The molecule has 3 aromatic rings. The van der Waals surface area contributed by atoms with Gasteiger partial charge < -0.3 is 4.74 Å². The van der Waals surface area contributed by atoms with E-state index in [2.05, 4.69) is 95.4 Å². The molecule has 0 saturated heterocycles. The first-order valence-electron chi connectivity index (χ1n) is 9.37. The van der Waals surface area contributed by atoms with Gasteiger partial charge in [-0.1, -0.05) is 61.4 Å². The van der Waals surface area contributed by atoms with Gasteiger partial charge in [0.05, 0.1) is 6.61 Å². The molecule has 0 N–H and O–H groups in total. The standard InChI is InChI=1S/C24H23IO/c25-23-13-9-21(10-14-23)19-5-7-20(8-6-19)22-11-15-24(16-12-22)26-17-1-2-18-3-4-18/h5-16,18H,1-4,17H2. The fourth-order valence-electron chi connectivity index (χ4n) is 3.21. The molecule has 1 aliphatic carbocycles. The van der Waals surface area contributed by atoms with Crippen LogP contribution >= 0.6 is 22.6 Å². The fraction of sp³-hybridized carbons (Fsp3) is 0.250. The first-order chi connectivity index (χ1) is 12.8. The Balaban J connectivity index is 1.38. The summed E-state index contributed by atoms with van der Waals surface area (Å²) in [4.78, 5) is 0. The number of halogens is 1. The molecule has 132 valence electrons. The second-order valence-electron chi connectivity index (χ2n) is 7.04. The summed E-state index contributed by atoms with van der Waals surface area (Å²) in [7, 11) is 0. The summed E-state index contributed by atoms with van der Waals surface area (Å²) >= 11 is 2.34. The summed E-state index contributed by atoms with van der Waals surface area (Å²) in [6.07, 6.45) is 5.35. The maximum atomic E-state index is 5.86. The van der Waals surface area contributed by atoms with Crippen molar-refractivity contribution in [1.29, 1.82) is 0 Å². The van der Waals surface area contributed by atoms with Gasteiger partial charge in [0.1, 0.15) is 5.75 Å². The van der Waals surface area contributed by atoms with Crippen LogP contribution in [-0.2, 0) is 0 Å². The minimum Gasteiger partial charge on any atom is -0.494 e. The predicted octanol–water partition coefficient (Wildman–Crippen LogP) is 7.19. The molecule has 0 aliphatic heterocycles. The molecule has 1 aliphatic rings. The molecule has 0 spiro atoms. The van der Waals surface area contributed by atoms with E-state index < -0.39 is 0 Å². The highest BCUT2D eigenvalue weighted by molar-refractivity contribution is 14.1. The Morgan fingerprint density at radius 2 is 1.15 bits per heavy atom. The van der Waals surface area contributed by atoms with Crippen molar-refractivity contribution in [3.05, 3.63) is 76.4 Å². The molecular formula is C24H23IO. The van der Waals surface area contributed by atoms with Gasteiger partial charge in [-0.3, -0.25) is 0 Å². The summed E-state index contributed by atoms with van der Waals surface area (Å²) in [5, 5.41) is 0. The van der Waals surface area contributed by atoms with Gasteiger partial charge in [-0.15, -0.1) is 0 Å². The Bertz CT molecular complexity index is 831. The van der Waals surface area contributed by atoms with Crippen LogP contribution in [0.3, 0.4) is 0 Å². The number of ether oxygens (including phenoxy) is 1. The molecule has 1 fully saturated rings. The van der Waals surface area contributed by atoms with Crippen LogP contribution < -0.4 is 4.74 Å². The third-order valence-corrected chi connectivity index (χ3v) is 5.69. The lowest BCUT2D eigenvalue weighted by molar-refractivity contribution is 0.303. The average Bonchev–Trinajstić information content (AvgIpc) is 3.51. The van der Waals surface area contributed by atoms with Gasteiger partial charge in [-0.2, -0.15) is 0 Å². The second kappa shape index (κ2) is 8.26. The summed E-state index contributed by atoms with van der Waals surface area (Å²) < 4.78 is 7.12. The Kier molecular flexibility index (Phi) is 5.59. The topological polar surface area (TPSA) is 9.23 Å². The Morgan fingerprint density at radius 1 is 0.692 bits per heavy atom. The van der Waals surface area contributed by atoms with Crippen LogP contribution in [0.1, 0.15) is 25.7 Å². The van der Waals surface area contributed by atoms with E-state index in [9.17, 15) is 0 Å². The zero-order valence-corrected chi connectivity index (χ0v) is 17.0. The summed E-state index contributed by atoms with van der Waals surface area (Å²) in [6.45, 7) is 0.834. The van der Waals surface area contributed by atoms with Crippen molar-refractivity contribution in [2.45, 2.75) is 25.7 Å². The molecule has 0 unspecified atom stereocenters. The molecule has 0 heterocycles. The first-order valence-corrected chi connectivity index (χ1v) is 10.4. The van der Waals surface area contributed by atoms with Gasteiger partial charge in [-0.05, 0) is 87.9 Å². The largest absolute Gasteiger partial charge is 0.494 e. The monoisotopic (exact) mass is 454 g/mol. The van der Waals surface area contributed by atoms with Crippen LogP contribution in [0.5, 0.6) is 5.75 Å². The number of hydrogen-bond donors (Lipinski definition) is 0. The van der Waals surface area contributed by atoms with Crippen LogP contribution in [0.15, 0.2) is 72.8 Å². The van der Waals surface area contributed by atoms with E-state index in [1.165, 1.54) is 51.5 Å². The second-order valence-corrected chi connectivity index (χ2v) is 8.29. The van der Waals surface area contributed by atoms with Gasteiger partial charge in [-0.25, -0.2) is 0 Å². The van der Waals surface area contributed by atoms with E-state index >= 15 is 0 Å². The van der Waals surface area contributed by atoms with Crippen molar-refractivity contribution in [3.8, 4) is 28.0 Å². The normalized spacial score (nSPS) is 13.6. The van der Waals surface area contributed by atoms with E-state index in [-0.39, 0.29) is 0 Å². The van der Waals surface area contributed by atoms with E-state index in [1.54, 1.807) is 0 Å².